The van der Waals surface area contributed by atoms with Crippen LogP contribution in [0.5, 0.6) is 0 Å². The molecule has 0 radical (unpaired) electrons. The van der Waals surface area contributed by atoms with Gasteiger partial charge in [-0.05, 0) is 43.0 Å². The molecule has 2 atom stereocenters. The van der Waals surface area contributed by atoms with Gasteiger partial charge in [-0.25, -0.2) is 0 Å². The molecule has 2 aliphatic rings. The zero-order chi connectivity index (χ0) is 18.4. The zero-order valence-corrected chi connectivity index (χ0v) is 15.3. The van der Waals surface area contributed by atoms with Crippen LogP contribution in [0.3, 0.4) is 0 Å². The molecule has 4 nitrogen and oxygen atoms in total. The van der Waals surface area contributed by atoms with E-state index in [1.807, 2.05) is 29.2 Å². The van der Waals surface area contributed by atoms with E-state index in [0.29, 0.717) is 11.5 Å². The van der Waals surface area contributed by atoms with Crippen LogP contribution in [0, 0.1) is 12.8 Å². The Balaban J connectivity index is 1.38. The molecule has 2 unspecified atom stereocenters. The molecular weight excluding hydrogens is 334 g/mol. The van der Waals surface area contributed by atoms with Crippen LogP contribution in [0.15, 0.2) is 67.1 Å². The Morgan fingerprint density at radius 1 is 1.15 bits per heavy atom. The van der Waals surface area contributed by atoms with Gasteiger partial charge in [0.15, 0.2) is 0 Å². The standard InChI is InChI=1S/C23H21N3O/c1-16-5-7-19(8-6-16)23-11-20(23)14-26(15-23)22(27)18-10-17(12-24-13-18)21-4-2-3-9-25-21/h2-10,12-13,20H,11,14-15H2,1H3. The molecule has 0 N–H and O–H groups in total. The summed E-state index contributed by atoms with van der Waals surface area (Å²) in [5, 5.41) is 0. The highest BCUT2D eigenvalue weighted by atomic mass is 16.2. The van der Waals surface area contributed by atoms with Crippen molar-refractivity contribution in [2.75, 3.05) is 13.1 Å². The van der Waals surface area contributed by atoms with Gasteiger partial charge < -0.3 is 4.90 Å². The van der Waals surface area contributed by atoms with Gasteiger partial charge in [0.25, 0.3) is 5.91 Å². The summed E-state index contributed by atoms with van der Waals surface area (Å²) in [5.41, 5.74) is 5.15. The normalized spacial score (nSPS) is 23.1. The number of hydrogen-bond acceptors (Lipinski definition) is 3. The molecule has 1 aliphatic carbocycles. The Hall–Kier alpha value is -3.01. The van der Waals surface area contributed by atoms with Gasteiger partial charge in [-0.2, -0.15) is 0 Å². The SMILES string of the molecule is Cc1ccc(C23CC2CN(C(=O)c2cncc(-c4ccccn4)c2)C3)cc1. The lowest BCUT2D eigenvalue weighted by atomic mass is 9.94. The van der Waals surface area contributed by atoms with E-state index in [9.17, 15) is 4.79 Å². The van der Waals surface area contributed by atoms with Crippen molar-refractivity contribution in [1.82, 2.24) is 14.9 Å². The number of pyridine rings is 2. The second-order valence-corrected chi connectivity index (χ2v) is 7.79. The van der Waals surface area contributed by atoms with E-state index in [0.717, 1.165) is 24.3 Å². The average molecular weight is 355 g/mol. The van der Waals surface area contributed by atoms with Crippen molar-refractivity contribution in [3.63, 3.8) is 0 Å². The minimum absolute atomic E-state index is 0.0685. The van der Waals surface area contributed by atoms with Gasteiger partial charge in [0, 0.05) is 42.7 Å². The number of aryl methyl sites for hydroxylation is 1. The molecule has 4 heteroatoms. The Kier molecular flexibility index (Phi) is 3.61. The fraction of sp³-hybridized carbons (Fsp3) is 0.261. The van der Waals surface area contributed by atoms with Crippen molar-refractivity contribution in [3.8, 4) is 11.3 Å². The van der Waals surface area contributed by atoms with Crippen molar-refractivity contribution in [3.05, 3.63) is 83.8 Å². The predicted octanol–water partition coefficient (Wildman–Crippen LogP) is 3.87. The van der Waals surface area contributed by atoms with Crippen LogP contribution in [-0.4, -0.2) is 33.9 Å². The fourth-order valence-electron chi connectivity index (χ4n) is 4.38. The molecule has 2 fully saturated rings. The summed E-state index contributed by atoms with van der Waals surface area (Å²) in [6, 6.07) is 16.5. The van der Waals surface area contributed by atoms with Crippen LogP contribution in [0.4, 0.5) is 0 Å². The van der Waals surface area contributed by atoms with E-state index in [-0.39, 0.29) is 11.3 Å². The third-order valence-corrected chi connectivity index (χ3v) is 6.01. The maximum atomic E-state index is 13.1. The summed E-state index contributed by atoms with van der Waals surface area (Å²) in [4.78, 5) is 23.7. The highest BCUT2D eigenvalue weighted by Crippen LogP contribution is 2.59. The van der Waals surface area contributed by atoms with Crippen LogP contribution < -0.4 is 0 Å². The highest BCUT2D eigenvalue weighted by Gasteiger charge is 2.61. The number of hydrogen-bond donors (Lipinski definition) is 0. The molecule has 2 aromatic heterocycles. The zero-order valence-electron chi connectivity index (χ0n) is 15.3. The summed E-state index contributed by atoms with van der Waals surface area (Å²) in [5.74, 6) is 0.648. The number of nitrogens with zero attached hydrogens (tertiary/aromatic N) is 3. The molecule has 1 saturated heterocycles. The number of amides is 1. The van der Waals surface area contributed by atoms with Gasteiger partial charge in [0.05, 0.1) is 11.3 Å². The first-order valence-electron chi connectivity index (χ1n) is 9.39. The van der Waals surface area contributed by atoms with E-state index in [2.05, 4.69) is 41.2 Å². The second-order valence-electron chi connectivity index (χ2n) is 7.79. The first kappa shape index (κ1) is 16.2. The molecule has 1 amide bonds. The number of rotatable bonds is 3. The maximum Gasteiger partial charge on any atom is 0.255 e. The quantitative estimate of drug-likeness (QED) is 0.717. The van der Waals surface area contributed by atoms with Crippen LogP contribution >= 0.6 is 0 Å². The van der Waals surface area contributed by atoms with Crippen molar-refractivity contribution >= 4 is 5.91 Å². The lowest BCUT2D eigenvalue weighted by Crippen LogP contribution is -2.32. The van der Waals surface area contributed by atoms with Crippen molar-refractivity contribution in [2.45, 2.75) is 18.8 Å². The minimum Gasteiger partial charge on any atom is -0.337 e. The third-order valence-electron chi connectivity index (χ3n) is 6.01. The van der Waals surface area contributed by atoms with E-state index >= 15 is 0 Å². The van der Waals surface area contributed by atoms with Gasteiger partial charge in [-0.1, -0.05) is 35.9 Å². The summed E-state index contributed by atoms with van der Waals surface area (Å²) >= 11 is 0. The fourth-order valence-corrected chi connectivity index (χ4v) is 4.38. The van der Waals surface area contributed by atoms with Crippen LogP contribution in [0.25, 0.3) is 11.3 Å². The number of carbonyl (C=O) groups is 1. The molecule has 0 bridgehead atoms. The Bertz CT molecular complexity index is 1000. The Morgan fingerprint density at radius 3 is 2.78 bits per heavy atom. The van der Waals surface area contributed by atoms with Gasteiger partial charge in [-0.15, -0.1) is 0 Å². The molecule has 1 aliphatic heterocycles. The van der Waals surface area contributed by atoms with Gasteiger partial charge in [0.2, 0.25) is 0 Å². The molecule has 5 rings (SSSR count). The van der Waals surface area contributed by atoms with E-state index in [1.165, 1.54) is 17.5 Å². The van der Waals surface area contributed by atoms with Gasteiger partial charge in [0.1, 0.15) is 0 Å². The monoisotopic (exact) mass is 355 g/mol. The number of carbonyl (C=O) groups excluding carboxylic acids is 1. The second kappa shape index (κ2) is 6.02. The van der Waals surface area contributed by atoms with Crippen molar-refractivity contribution in [1.29, 1.82) is 0 Å². The van der Waals surface area contributed by atoms with Crippen molar-refractivity contribution < 1.29 is 4.79 Å². The molecule has 27 heavy (non-hydrogen) atoms. The van der Waals surface area contributed by atoms with Crippen molar-refractivity contribution in [2.24, 2.45) is 5.92 Å². The summed E-state index contributed by atoms with van der Waals surface area (Å²) in [7, 11) is 0. The lowest BCUT2D eigenvalue weighted by molar-refractivity contribution is 0.0772. The maximum absolute atomic E-state index is 13.1. The predicted molar refractivity (Wildman–Crippen MR) is 104 cm³/mol. The lowest BCUT2D eigenvalue weighted by Gasteiger charge is -2.21. The Morgan fingerprint density at radius 2 is 2.00 bits per heavy atom. The molecular formula is C23H21N3O. The number of fused-ring (bicyclic) bond motifs is 1. The van der Waals surface area contributed by atoms with E-state index < -0.39 is 0 Å². The number of benzene rings is 1. The van der Waals surface area contributed by atoms with Gasteiger partial charge in [-0.3, -0.25) is 14.8 Å². The minimum atomic E-state index is 0.0685. The highest BCUT2D eigenvalue weighted by molar-refractivity contribution is 5.95. The largest absolute Gasteiger partial charge is 0.337 e. The molecule has 134 valence electrons. The molecule has 3 heterocycles. The van der Waals surface area contributed by atoms with Crippen LogP contribution in [-0.2, 0) is 5.41 Å². The topological polar surface area (TPSA) is 46.1 Å². The molecule has 3 aromatic rings. The van der Waals surface area contributed by atoms with E-state index in [1.54, 1.807) is 18.6 Å². The Labute approximate surface area is 158 Å². The number of piperidine rings is 1. The number of aromatic nitrogens is 2. The average Bonchev–Trinajstić information content (AvgIpc) is 3.29. The molecule has 0 spiro atoms. The van der Waals surface area contributed by atoms with E-state index in [4.69, 9.17) is 0 Å². The van der Waals surface area contributed by atoms with Crippen LogP contribution in [0.1, 0.15) is 27.9 Å². The third kappa shape index (κ3) is 2.72. The number of likely N-dealkylation sites (tertiary alicyclic amines) is 1. The first-order chi connectivity index (χ1) is 13.2. The summed E-state index contributed by atoms with van der Waals surface area (Å²) in [6.07, 6.45) is 6.36. The summed E-state index contributed by atoms with van der Waals surface area (Å²) in [6.45, 7) is 3.74. The summed E-state index contributed by atoms with van der Waals surface area (Å²) < 4.78 is 0. The first-order valence-corrected chi connectivity index (χ1v) is 9.39. The smallest absolute Gasteiger partial charge is 0.255 e. The van der Waals surface area contributed by atoms with Gasteiger partial charge >= 0.3 is 0 Å². The molecule has 1 saturated carbocycles. The molecule has 1 aromatic carbocycles. The van der Waals surface area contributed by atoms with Crippen LogP contribution in [0.2, 0.25) is 0 Å².